The van der Waals surface area contributed by atoms with Crippen molar-refractivity contribution >= 4 is 16.9 Å². The fraction of sp³-hybridized carbons (Fsp3) is 0.370. The minimum atomic E-state index is -1.55. The molecule has 2 aliphatic heterocycles. The van der Waals surface area contributed by atoms with Gasteiger partial charge in [-0.25, -0.2) is 14.2 Å². The van der Waals surface area contributed by atoms with Crippen LogP contribution in [0.25, 0.3) is 22.3 Å². The average Bonchev–Trinajstić information content (AvgIpc) is 3.24. The Labute approximate surface area is 205 Å². The Hall–Kier alpha value is -3.40. The summed E-state index contributed by atoms with van der Waals surface area (Å²) in [5.41, 5.74) is 4.04. The molecule has 2 N–H and O–H groups in total. The van der Waals surface area contributed by atoms with E-state index >= 15 is 0 Å². The van der Waals surface area contributed by atoms with Crippen molar-refractivity contribution in [3.8, 4) is 11.4 Å². The summed E-state index contributed by atoms with van der Waals surface area (Å²) in [4.78, 5) is 30.2. The van der Waals surface area contributed by atoms with Gasteiger partial charge in [0.15, 0.2) is 6.10 Å². The summed E-state index contributed by atoms with van der Waals surface area (Å²) in [6.07, 6.45) is 1.51. The fourth-order valence-corrected chi connectivity index (χ4v) is 6.00. The minimum Gasteiger partial charge on any atom is -0.458 e. The number of rotatable bonds is 5. The predicted octanol–water partition coefficient (Wildman–Crippen LogP) is 2.34. The van der Waals surface area contributed by atoms with Gasteiger partial charge in [-0.1, -0.05) is 6.08 Å². The van der Waals surface area contributed by atoms with Gasteiger partial charge in [0, 0.05) is 28.0 Å². The Morgan fingerprint density at radius 3 is 2.89 bits per heavy atom. The molecule has 186 valence electrons. The molecule has 9 heteroatoms. The lowest BCUT2D eigenvalue weighted by atomic mass is 9.68. The number of benzene rings is 1. The number of aliphatic hydroxyl groups excluding tert-OH is 2. The molecule has 0 fully saturated rings. The second-order valence-corrected chi connectivity index (χ2v) is 9.67. The fourth-order valence-electron chi connectivity index (χ4n) is 6.00. The van der Waals surface area contributed by atoms with E-state index in [1.165, 1.54) is 6.07 Å². The van der Waals surface area contributed by atoms with E-state index in [9.17, 15) is 24.2 Å². The van der Waals surface area contributed by atoms with Gasteiger partial charge in [-0.05, 0) is 42.5 Å². The Kier molecular flexibility index (Phi) is 5.15. The number of carbonyl (C=O) groups is 1. The molecule has 0 amide bonds. The highest BCUT2D eigenvalue weighted by molar-refractivity contribution is 5.94. The summed E-state index contributed by atoms with van der Waals surface area (Å²) < 4.78 is 27.3. The van der Waals surface area contributed by atoms with Crippen molar-refractivity contribution in [1.29, 1.82) is 0 Å². The minimum absolute atomic E-state index is 0.118. The second-order valence-electron chi connectivity index (χ2n) is 9.67. The van der Waals surface area contributed by atoms with Gasteiger partial charge < -0.3 is 24.3 Å². The first-order chi connectivity index (χ1) is 17.3. The molecule has 2 aromatic heterocycles. The molecular weight excluding hydrogens is 467 g/mol. The molecule has 4 heterocycles. The van der Waals surface area contributed by atoms with Crippen LogP contribution in [0.3, 0.4) is 0 Å². The van der Waals surface area contributed by atoms with Crippen LogP contribution in [0.2, 0.25) is 0 Å². The van der Waals surface area contributed by atoms with Crippen LogP contribution >= 0.6 is 0 Å². The summed E-state index contributed by atoms with van der Waals surface area (Å²) in [6.45, 7) is 6.21. The van der Waals surface area contributed by atoms with Crippen LogP contribution in [-0.4, -0.2) is 45.6 Å². The molecule has 0 saturated heterocycles. The summed E-state index contributed by atoms with van der Waals surface area (Å²) in [5, 5.41) is 20.5. The van der Waals surface area contributed by atoms with Crippen molar-refractivity contribution in [3.63, 3.8) is 0 Å². The molecule has 2 atom stereocenters. The summed E-state index contributed by atoms with van der Waals surface area (Å²) in [6, 6.07) is 3.03. The van der Waals surface area contributed by atoms with Gasteiger partial charge in [0.2, 0.25) is 0 Å². The summed E-state index contributed by atoms with van der Waals surface area (Å²) >= 11 is 0. The SMILES string of the molecule is C=CC1(COCCO)CCc2c(C)c(F)cc3nc4c(c1c23)Cn1c-4cc2c(c1=O)COC(=O)C2O. The molecule has 1 aromatic carbocycles. The van der Waals surface area contributed by atoms with Gasteiger partial charge in [-0.15, -0.1) is 6.58 Å². The maximum Gasteiger partial charge on any atom is 0.340 e. The highest BCUT2D eigenvalue weighted by Crippen LogP contribution is 2.49. The van der Waals surface area contributed by atoms with Gasteiger partial charge in [-0.2, -0.15) is 0 Å². The molecule has 6 rings (SSSR count). The quantitative estimate of drug-likeness (QED) is 0.250. The molecule has 0 bridgehead atoms. The molecule has 1 aliphatic carbocycles. The lowest BCUT2D eigenvalue weighted by Gasteiger charge is -2.38. The third-order valence-electron chi connectivity index (χ3n) is 7.88. The van der Waals surface area contributed by atoms with Crippen LogP contribution in [0.15, 0.2) is 29.6 Å². The number of aliphatic hydroxyl groups is 2. The van der Waals surface area contributed by atoms with E-state index in [0.717, 1.165) is 22.1 Å². The van der Waals surface area contributed by atoms with Gasteiger partial charge in [-0.3, -0.25) is 4.79 Å². The van der Waals surface area contributed by atoms with E-state index in [0.29, 0.717) is 35.3 Å². The highest BCUT2D eigenvalue weighted by atomic mass is 19.1. The molecule has 8 nitrogen and oxygen atoms in total. The number of pyridine rings is 2. The standard InChI is InChI=1S/C27H25FN2O6/c1-3-27(12-35-7-6-31)5-4-14-13(2)18(28)9-19-21(14)22(27)16-10-30-20(23(16)29-19)8-15-17(25(30)33)11-36-26(34)24(15)32/h3,8-9,24,31-32H,1,4-7,10-12H2,2H3. The average molecular weight is 493 g/mol. The molecule has 3 aliphatic rings. The van der Waals surface area contributed by atoms with Crippen molar-refractivity contribution in [2.45, 2.75) is 44.4 Å². The van der Waals surface area contributed by atoms with Crippen LogP contribution in [0, 0.1) is 12.7 Å². The first-order valence-corrected chi connectivity index (χ1v) is 11.9. The Morgan fingerprint density at radius 2 is 2.14 bits per heavy atom. The first kappa shape index (κ1) is 23.0. The highest BCUT2D eigenvalue weighted by Gasteiger charge is 2.42. The lowest BCUT2D eigenvalue weighted by Crippen LogP contribution is -2.36. The zero-order valence-corrected chi connectivity index (χ0v) is 19.8. The van der Waals surface area contributed by atoms with Crippen LogP contribution in [0.5, 0.6) is 0 Å². The third kappa shape index (κ3) is 3.00. The molecule has 3 aromatic rings. The van der Waals surface area contributed by atoms with E-state index in [-0.39, 0.29) is 55.5 Å². The van der Waals surface area contributed by atoms with Crippen molar-refractivity contribution < 1.29 is 28.9 Å². The van der Waals surface area contributed by atoms with Gasteiger partial charge in [0.25, 0.3) is 5.56 Å². The number of hydrogen-bond donors (Lipinski definition) is 2. The van der Waals surface area contributed by atoms with Crippen molar-refractivity contribution in [1.82, 2.24) is 9.55 Å². The van der Waals surface area contributed by atoms with E-state index < -0.39 is 17.5 Å². The number of cyclic esters (lactones) is 1. The molecule has 0 saturated carbocycles. The topological polar surface area (TPSA) is 111 Å². The van der Waals surface area contributed by atoms with E-state index in [4.69, 9.17) is 14.5 Å². The van der Waals surface area contributed by atoms with Crippen molar-refractivity contribution in [3.05, 3.63) is 74.3 Å². The van der Waals surface area contributed by atoms with Crippen LogP contribution < -0.4 is 5.56 Å². The Bertz CT molecular complexity index is 1540. The monoisotopic (exact) mass is 492 g/mol. The largest absolute Gasteiger partial charge is 0.458 e. The number of fused-ring (bicyclic) bond motifs is 5. The number of halogens is 1. The van der Waals surface area contributed by atoms with Crippen molar-refractivity contribution in [2.24, 2.45) is 0 Å². The molecule has 0 spiro atoms. The van der Waals surface area contributed by atoms with E-state index in [2.05, 4.69) is 6.58 Å². The number of aromatic nitrogens is 2. The van der Waals surface area contributed by atoms with Gasteiger partial charge >= 0.3 is 5.97 Å². The number of ether oxygens (including phenoxy) is 2. The van der Waals surface area contributed by atoms with E-state index in [1.807, 2.05) is 6.08 Å². The normalized spacial score (nSPS) is 21.7. The molecule has 36 heavy (non-hydrogen) atoms. The van der Waals surface area contributed by atoms with Crippen LogP contribution in [0.1, 0.15) is 45.9 Å². The molecule has 0 radical (unpaired) electrons. The third-order valence-corrected chi connectivity index (χ3v) is 7.88. The van der Waals surface area contributed by atoms with Crippen LogP contribution in [0.4, 0.5) is 4.39 Å². The second kappa shape index (κ2) is 8.06. The summed E-state index contributed by atoms with van der Waals surface area (Å²) in [7, 11) is 0. The van der Waals surface area contributed by atoms with Crippen LogP contribution in [-0.2, 0) is 39.3 Å². The number of hydrogen-bond acceptors (Lipinski definition) is 7. The molecular formula is C27H25FN2O6. The number of carbonyl (C=O) groups excluding carboxylic acids is 1. The van der Waals surface area contributed by atoms with E-state index in [1.54, 1.807) is 17.6 Å². The number of esters is 1. The Balaban J connectivity index is 1.67. The zero-order chi connectivity index (χ0) is 25.4. The van der Waals surface area contributed by atoms with Crippen molar-refractivity contribution in [2.75, 3.05) is 19.8 Å². The van der Waals surface area contributed by atoms with Gasteiger partial charge in [0.1, 0.15) is 12.4 Å². The lowest BCUT2D eigenvalue weighted by molar-refractivity contribution is -0.157. The number of aryl methyl sites for hydroxylation is 1. The maximum absolute atomic E-state index is 15.0. The van der Waals surface area contributed by atoms with Gasteiger partial charge in [0.05, 0.1) is 48.8 Å². The maximum atomic E-state index is 15.0. The number of nitrogens with zero attached hydrogens (tertiary/aromatic N) is 2. The Morgan fingerprint density at radius 1 is 1.33 bits per heavy atom. The zero-order valence-electron chi connectivity index (χ0n) is 19.8. The molecule has 2 unspecified atom stereocenters. The first-order valence-electron chi connectivity index (χ1n) is 11.9. The smallest absolute Gasteiger partial charge is 0.340 e. The predicted molar refractivity (Wildman–Crippen MR) is 128 cm³/mol. The summed E-state index contributed by atoms with van der Waals surface area (Å²) in [5.74, 6) is -1.15.